The minimum absolute atomic E-state index is 0.0177. The molecule has 0 N–H and O–H groups in total. The van der Waals surface area contributed by atoms with Crippen molar-refractivity contribution >= 4 is 34.9 Å². The highest BCUT2D eigenvalue weighted by Gasteiger charge is 2.21. The molecule has 0 bridgehead atoms. The van der Waals surface area contributed by atoms with Crippen LogP contribution >= 0.6 is 11.3 Å². The number of aryl methyl sites for hydroxylation is 1. The van der Waals surface area contributed by atoms with Gasteiger partial charge in [-0.3, -0.25) is 19.7 Å². The molecule has 1 heterocycles. The summed E-state index contributed by atoms with van der Waals surface area (Å²) in [7, 11) is 3.18. The fraction of sp³-hybridized carbons (Fsp3) is 0.333. The van der Waals surface area contributed by atoms with E-state index in [0.29, 0.717) is 49.5 Å². The summed E-state index contributed by atoms with van der Waals surface area (Å²) in [6.45, 7) is 5.29. The molecule has 9 nitrogen and oxygen atoms in total. The molecule has 3 aromatic rings. The van der Waals surface area contributed by atoms with E-state index in [9.17, 15) is 19.7 Å². The van der Waals surface area contributed by atoms with Gasteiger partial charge in [-0.25, -0.2) is 0 Å². The van der Waals surface area contributed by atoms with Crippen molar-refractivity contribution in [1.29, 1.82) is 0 Å². The molecule has 0 saturated carbocycles. The average Bonchev–Trinajstić information content (AvgIpc) is 3.37. The number of non-ortho nitro benzene ring substituents is 1. The molecule has 10 heteroatoms. The second-order valence-corrected chi connectivity index (χ2v) is 10.2. The van der Waals surface area contributed by atoms with Gasteiger partial charge >= 0.3 is 0 Å². The second kappa shape index (κ2) is 14.8. The number of nitro benzene ring substituents is 1. The van der Waals surface area contributed by atoms with Gasteiger partial charge in [0, 0.05) is 36.2 Å². The summed E-state index contributed by atoms with van der Waals surface area (Å²) < 4.78 is 10.8. The Balaban J connectivity index is 1.74. The van der Waals surface area contributed by atoms with Gasteiger partial charge in [-0.2, -0.15) is 0 Å². The molecule has 2 amide bonds. The van der Waals surface area contributed by atoms with Gasteiger partial charge in [-0.05, 0) is 78.2 Å². The first-order valence-corrected chi connectivity index (χ1v) is 13.9. The van der Waals surface area contributed by atoms with Gasteiger partial charge in [0.15, 0.2) is 11.5 Å². The van der Waals surface area contributed by atoms with Crippen LogP contribution in [0.3, 0.4) is 0 Å². The third kappa shape index (κ3) is 8.41. The average molecular weight is 566 g/mol. The number of methoxy groups -OCH3 is 2. The number of nitro groups is 1. The van der Waals surface area contributed by atoms with Crippen molar-refractivity contribution < 1.29 is 24.0 Å². The lowest BCUT2D eigenvalue weighted by Gasteiger charge is -2.27. The Morgan fingerprint density at radius 3 is 2.33 bits per heavy atom. The van der Waals surface area contributed by atoms with Gasteiger partial charge in [0.2, 0.25) is 11.8 Å². The van der Waals surface area contributed by atoms with Crippen molar-refractivity contribution in [1.82, 2.24) is 9.80 Å². The molecule has 0 fully saturated rings. The first kappa shape index (κ1) is 30.4. The zero-order valence-electron chi connectivity index (χ0n) is 23.3. The van der Waals surface area contributed by atoms with E-state index in [-0.39, 0.29) is 24.0 Å². The highest BCUT2D eigenvalue weighted by Crippen LogP contribution is 2.28. The van der Waals surface area contributed by atoms with Crippen molar-refractivity contribution in [3.05, 3.63) is 91.7 Å². The summed E-state index contributed by atoms with van der Waals surface area (Å²) in [5, 5.41) is 12.9. The molecule has 3 rings (SSSR count). The van der Waals surface area contributed by atoms with Crippen LogP contribution < -0.4 is 9.47 Å². The number of hydrogen-bond acceptors (Lipinski definition) is 7. The van der Waals surface area contributed by atoms with Gasteiger partial charge in [-0.1, -0.05) is 13.0 Å². The summed E-state index contributed by atoms with van der Waals surface area (Å²) in [5.41, 5.74) is 2.77. The molecule has 0 aliphatic rings. The van der Waals surface area contributed by atoms with Crippen molar-refractivity contribution in [2.24, 2.45) is 0 Å². The maximum absolute atomic E-state index is 13.6. The number of carbonyl (C=O) groups is 2. The summed E-state index contributed by atoms with van der Waals surface area (Å²) in [6.07, 6.45) is 4.31. The van der Waals surface area contributed by atoms with Crippen molar-refractivity contribution in [3.8, 4) is 11.5 Å². The third-order valence-electron chi connectivity index (χ3n) is 6.43. The van der Waals surface area contributed by atoms with Crippen LogP contribution in [0.15, 0.2) is 60.0 Å². The first-order chi connectivity index (χ1) is 19.2. The molecule has 0 saturated heterocycles. The number of hydrogen-bond donors (Lipinski definition) is 0. The molecular formula is C30H35N3O6S. The van der Waals surface area contributed by atoms with Crippen LogP contribution in [0.5, 0.6) is 11.5 Å². The monoisotopic (exact) mass is 565 g/mol. The van der Waals surface area contributed by atoms with Crippen LogP contribution in [0, 0.1) is 17.0 Å². The topological polar surface area (TPSA) is 102 Å². The predicted octanol–water partition coefficient (Wildman–Crippen LogP) is 5.51. The Morgan fingerprint density at radius 2 is 1.73 bits per heavy atom. The first-order valence-electron chi connectivity index (χ1n) is 13.0. The van der Waals surface area contributed by atoms with E-state index in [1.165, 1.54) is 23.1 Å². The molecule has 0 atom stereocenters. The zero-order chi connectivity index (χ0) is 29.1. The Labute approximate surface area is 238 Å². The quantitative estimate of drug-likeness (QED) is 0.145. The van der Waals surface area contributed by atoms with Gasteiger partial charge in [0.05, 0.1) is 25.7 Å². The lowest BCUT2D eigenvalue weighted by atomic mass is 10.1. The minimum atomic E-state index is -0.470. The summed E-state index contributed by atoms with van der Waals surface area (Å²) in [6, 6.07) is 13.7. The van der Waals surface area contributed by atoms with Gasteiger partial charge < -0.3 is 19.3 Å². The number of carbonyl (C=O) groups excluding carboxylic acids is 2. The lowest BCUT2D eigenvalue weighted by Crippen LogP contribution is -2.43. The number of thiophene rings is 1. The SMILES string of the molecule is CCCN(CC(=O)N(CCc1ccc(OC)c(OC)c1)Cc1sccc1C)C(=O)C=Cc1ccc([N+](=O)[O-])cc1. The molecular weight excluding hydrogens is 530 g/mol. The van der Waals surface area contributed by atoms with Crippen LogP contribution in [0.4, 0.5) is 5.69 Å². The zero-order valence-corrected chi connectivity index (χ0v) is 24.1. The van der Waals surface area contributed by atoms with Gasteiger partial charge in [0.1, 0.15) is 6.54 Å². The number of ether oxygens (including phenoxy) is 2. The van der Waals surface area contributed by atoms with E-state index >= 15 is 0 Å². The number of benzene rings is 2. The van der Waals surface area contributed by atoms with Crippen LogP contribution in [0.25, 0.3) is 6.08 Å². The minimum Gasteiger partial charge on any atom is -0.493 e. The number of nitrogens with zero attached hydrogens (tertiary/aromatic N) is 3. The normalized spacial score (nSPS) is 10.9. The second-order valence-electron chi connectivity index (χ2n) is 9.22. The van der Waals surface area contributed by atoms with E-state index in [0.717, 1.165) is 16.0 Å². The van der Waals surface area contributed by atoms with Crippen LogP contribution in [0.2, 0.25) is 0 Å². The smallest absolute Gasteiger partial charge is 0.269 e. The van der Waals surface area contributed by atoms with E-state index < -0.39 is 4.92 Å². The van der Waals surface area contributed by atoms with E-state index in [1.807, 2.05) is 43.5 Å². The maximum Gasteiger partial charge on any atom is 0.269 e. The van der Waals surface area contributed by atoms with Crippen molar-refractivity contribution in [3.63, 3.8) is 0 Å². The summed E-state index contributed by atoms with van der Waals surface area (Å²) >= 11 is 1.61. The standard InChI is InChI=1S/C30H35N3O6S/c1-5-16-31(29(34)13-9-23-6-10-25(11-7-23)33(36)37)21-30(35)32(20-28-22(2)15-18-40-28)17-14-24-8-12-26(38-3)27(19-24)39-4/h6-13,15,18-19H,5,14,16-17,20-21H2,1-4H3. The van der Waals surface area contributed by atoms with Crippen LogP contribution in [0.1, 0.15) is 34.9 Å². The van der Waals surface area contributed by atoms with Crippen molar-refractivity contribution in [2.45, 2.75) is 33.2 Å². The number of rotatable bonds is 14. The molecule has 0 aliphatic carbocycles. The Kier molecular flexibility index (Phi) is 11.3. The highest BCUT2D eigenvalue weighted by molar-refractivity contribution is 7.10. The highest BCUT2D eigenvalue weighted by atomic mass is 32.1. The van der Waals surface area contributed by atoms with Gasteiger partial charge in [-0.15, -0.1) is 11.3 Å². The van der Waals surface area contributed by atoms with Crippen LogP contribution in [-0.2, 0) is 22.6 Å². The maximum atomic E-state index is 13.6. The molecule has 0 spiro atoms. The molecule has 40 heavy (non-hydrogen) atoms. The van der Waals surface area contributed by atoms with E-state index in [4.69, 9.17) is 9.47 Å². The fourth-order valence-corrected chi connectivity index (χ4v) is 5.03. The van der Waals surface area contributed by atoms with E-state index in [2.05, 4.69) is 0 Å². The van der Waals surface area contributed by atoms with Crippen molar-refractivity contribution in [2.75, 3.05) is 33.9 Å². The summed E-state index contributed by atoms with van der Waals surface area (Å²) in [4.78, 5) is 41.5. The third-order valence-corrected chi connectivity index (χ3v) is 7.44. The molecule has 1 aromatic heterocycles. The fourth-order valence-electron chi connectivity index (χ4n) is 4.11. The molecule has 0 radical (unpaired) electrons. The Hall–Kier alpha value is -4.18. The molecule has 0 unspecified atom stereocenters. The van der Waals surface area contributed by atoms with E-state index in [1.54, 1.807) is 48.7 Å². The number of amides is 2. The molecule has 2 aromatic carbocycles. The largest absolute Gasteiger partial charge is 0.493 e. The molecule has 212 valence electrons. The summed E-state index contributed by atoms with van der Waals surface area (Å²) in [5.74, 6) is 0.843. The Morgan fingerprint density at radius 1 is 1.00 bits per heavy atom. The van der Waals surface area contributed by atoms with Gasteiger partial charge in [0.25, 0.3) is 5.69 Å². The Bertz CT molecular complexity index is 1340. The molecule has 0 aliphatic heterocycles. The predicted molar refractivity (Wildman–Crippen MR) is 157 cm³/mol. The lowest BCUT2D eigenvalue weighted by molar-refractivity contribution is -0.384. The van der Waals surface area contributed by atoms with Crippen LogP contribution in [-0.4, -0.2) is 60.4 Å².